The van der Waals surface area contributed by atoms with E-state index in [0.717, 1.165) is 37.9 Å². The number of methoxy groups -OCH3 is 1. The van der Waals surface area contributed by atoms with Crippen molar-refractivity contribution in [3.05, 3.63) is 48.7 Å². The summed E-state index contributed by atoms with van der Waals surface area (Å²) in [7, 11) is 1.65. The topological polar surface area (TPSA) is 57.4 Å². The van der Waals surface area contributed by atoms with Crippen molar-refractivity contribution in [2.24, 2.45) is 0 Å². The van der Waals surface area contributed by atoms with Gasteiger partial charge >= 0.3 is 0 Å². The fourth-order valence-electron chi connectivity index (χ4n) is 2.36. The first-order valence-corrected chi connectivity index (χ1v) is 8.17. The SMILES string of the molecule is CCOc1cnc2c(OC)cccc2c1Sc1ccccc1N. The van der Waals surface area contributed by atoms with Crippen molar-refractivity contribution in [2.75, 3.05) is 19.5 Å². The van der Waals surface area contributed by atoms with Gasteiger partial charge in [-0.15, -0.1) is 0 Å². The van der Waals surface area contributed by atoms with Crippen LogP contribution in [0.2, 0.25) is 0 Å². The largest absolute Gasteiger partial charge is 0.494 e. The molecule has 23 heavy (non-hydrogen) atoms. The Balaban J connectivity index is 2.19. The minimum absolute atomic E-state index is 0.578. The van der Waals surface area contributed by atoms with E-state index in [-0.39, 0.29) is 0 Å². The highest BCUT2D eigenvalue weighted by molar-refractivity contribution is 7.99. The van der Waals surface area contributed by atoms with Gasteiger partial charge in [0.05, 0.1) is 24.8 Å². The molecule has 0 atom stereocenters. The molecule has 0 spiro atoms. The Morgan fingerprint density at radius 2 is 1.91 bits per heavy atom. The summed E-state index contributed by atoms with van der Waals surface area (Å²) in [6, 6.07) is 13.7. The van der Waals surface area contributed by atoms with Crippen molar-refractivity contribution in [2.45, 2.75) is 16.7 Å². The van der Waals surface area contributed by atoms with Crippen LogP contribution < -0.4 is 15.2 Å². The van der Waals surface area contributed by atoms with Crippen LogP contribution in [-0.2, 0) is 0 Å². The number of ether oxygens (including phenoxy) is 2. The summed E-state index contributed by atoms with van der Waals surface area (Å²) >= 11 is 1.58. The van der Waals surface area contributed by atoms with Crippen LogP contribution in [-0.4, -0.2) is 18.7 Å². The van der Waals surface area contributed by atoms with E-state index in [4.69, 9.17) is 15.2 Å². The third-order valence-electron chi connectivity index (χ3n) is 3.43. The highest BCUT2D eigenvalue weighted by atomic mass is 32.2. The Morgan fingerprint density at radius 3 is 2.65 bits per heavy atom. The monoisotopic (exact) mass is 326 g/mol. The summed E-state index contributed by atoms with van der Waals surface area (Å²) in [6.45, 7) is 2.54. The second kappa shape index (κ2) is 6.79. The fourth-order valence-corrected chi connectivity index (χ4v) is 3.40. The number of rotatable bonds is 5. The predicted molar refractivity (Wildman–Crippen MR) is 94.4 cm³/mol. The molecule has 0 aliphatic heterocycles. The lowest BCUT2D eigenvalue weighted by molar-refractivity contribution is 0.332. The van der Waals surface area contributed by atoms with Crippen LogP contribution in [0.15, 0.2) is 58.5 Å². The van der Waals surface area contributed by atoms with Crippen LogP contribution in [0, 0.1) is 0 Å². The summed E-state index contributed by atoms with van der Waals surface area (Å²) in [4.78, 5) is 6.48. The third-order valence-corrected chi connectivity index (χ3v) is 4.65. The van der Waals surface area contributed by atoms with Gasteiger partial charge in [-0.05, 0) is 25.1 Å². The first-order valence-electron chi connectivity index (χ1n) is 7.35. The molecule has 5 heteroatoms. The van der Waals surface area contributed by atoms with E-state index in [1.807, 2.05) is 49.4 Å². The lowest BCUT2D eigenvalue weighted by Crippen LogP contribution is -1.97. The number of benzene rings is 2. The quantitative estimate of drug-likeness (QED) is 0.705. The number of nitrogens with two attached hydrogens (primary N) is 1. The van der Waals surface area contributed by atoms with Crippen molar-refractivity contribution >= 4 is 28.4 Å². The standard InChI is InChI=1S/C18H18N2O2S/c1-3-22-15-11-20-17-12(7-6-9-14(17)21-2)18(15)23-16-10-5-4-8-13(16)19/h4-11H,3,19H2,1-2H3. The summed E-state index contributed by atoms with van der Waals surface area (Å²) < 4.78 is 11.2. The molecule has 3 rings (SSSR count). The molecule has 0 aliphatic carbocycles. The highest BCUT2D eigenvalue weighted by Gasteiger charge is 2.15. The maximum Gasteiger partial charge on any atom is 0.152 e. The summed E-state index contributed by atoms with van der Waals surface area (Å²) in [6.07, 6.45) is 1.75. The van der Waals surface area contributed by atoms with Gasteiger partial charge in [-0.25, -0.2) is 4.98 Å². The molecule has 1 heterocycles. The van der Waals surface area contributed by atoms with E-state index in [0.29, 0.717) is 6.61 Å². The van der Waals surface area contributed by atoms with Crippen LogP contribution in [0.25, 0.3) is 10.9 Å². The minimum Gasteiger partial charge on any atom is -0.494 e. The van der Waals surface area contributed by atoms with Crippen LogP contribution in [0.1, 0.15) is 6.92 Å². The number of hydrogen-bond donors (Lipinski definition) is 1. The molecular weight excluding hydrogens is 308 g/mol. The predicted octanol–water partition coefficient (Wildman–Crippen LogP) is 4.38. The molecule has 0 unspecified atom stereocenters. The molecule has 118 valence electrons. The normalized spacial score (nSPS) is 10.7. The van der Waals surface area contributed by atoms with Crippen molar-refractivity contribution in [3.63, 3.8) is 0 Å². The summed E-state index contributed by atoms with van der Waals surface area (Å²) in [5.41, 5.74) is 7.65. The number of fused-ring (bicyclic) bond motifs is 1. The highest BCUT2D eigenvalue weighted by Crippen LogP contribution is 2.43. The van der Waals surface area contributed by atoms with Gasteiger partial charge in [-0.3, -0.25) is 0 Å². The lowest BCUT2D eigenvalue weighted by atomic mass is 10.2. The first kappa shape index (κ1) is 15.5. The molecule has 0 amide bonds. The molecule has 0 aliphatic rings. The zero-order valence-electron chi connectivity index (χ0n) is 13.1. The number of para-hydroxylation sites is 2. The number of hydrogen-bond acceptors (Lipinski definition) is 5. The molecule has 0 fully saturated rings. The molecule has 2 N–H and O–H groups in total. The summed E-state index contributed by atoms with van der Waals surface area (Å²) in [5, 5.41) is 0.989. The van der Waals surface area contributed by atoms with Crippen molar-refractivity contribution in [3.8, 4) is 11.5 Å². The number of pyridine rings is 1. The molecule has 0 radical (unpaired) electrons. The molecule has 3 aromatic rings. The summed E-state index contributed by atoms with van der Waals surface area (Å²) in [5.74, 6) is 1.50. The van der Waals surface area contributed by atoms with Gasteiger partial charge < -0.3 is 15.2 Å². The second-order valence-corrected chi connectivity index (χ2v) is 5.93. The zero-order chi connectivity index (χ0) is 16.2. The Hall–Kier alpha value is -2.40. The van der Waals surface area contributed by atoms with E-state index in [1.54, 1.807) is 25.1 Å². The Labute approximate surface area is 139 Å². The molecule has 0 bridgehead atoms. The van der Waals surface area contributed by atoms with Gasteiger partial charge in [-0.2, -0.15) is 0 Å². The lowest BCUT2D eigenvalue weighted by Gasteiger charge is -2.14. The molecule has 0 saturated heterocycles. The number of nitrogen functional groups attached to an aromatic ring is 1. The third kappa shape index (κ3) is 3.05. The average Bonchev–Trinajstić information content (AvgIpc) is 2.58. The average molecular weight is 326 g/mol. The van der Waals surface area contributed by atoms with Crippen molar-refractivity contribution < 1.29 is 9.47 Å². The van der Waals surface area contributed by atoms with Crippen LogP contribution in [0.4, 0.5) is 5.69 Å². The van der Waals surface area contributed by atoms with Gasteiger partial charge in [0.25, 0.3) is 0 Å². The molecular formula is C18H18N2O2S. The Kier molecular flexibility index (Phi) is 4.57. The van der Waals surface area contributed by atoms with Gasteiger partial charge in [0, 0.05) is 16.0 Å². The molecule has 4 nitrogen and oxygen atoms in total. The van der Waals surface area contributed by atoms with Gasteiger partial charge in [0.15, 0.2) is 5.75 Å². The maximum atomic E-state index is 6.09. The van der Waals surface area contributed by atoms with Crippen molar-refractivity contribution in [1.82, 2.24) is 4.98 Å². The Bertz CT molecular complexity index is 836. The van der Waals surface area contributed by atoms with Crippen LogP contribution >= 0.6 is 11.8 Å². The molecule has 0 saturated carbocycles. The number of anilines is 1. The maximum absolute atomic E-state index is 6.09. The van der Waals surface area contributed by atoms with Gasteiger partial charge in [0.1, 0.15) is 11.3 Å². The Morgan fingerprint density at radius 1 is 1.09 bits per heavy atom. The second-order valence-electron chi connectivity index (χ2n) is 4.88. The molecule has 1 aromatic heterocycles. The molecule has 2 aromatic carbocycles. The minimum atomic E-state index is 0.578. The fraction of sp³-hybridized carbons (Fsp3) is 0.167. The van der Waals surface area contributed by atoms with Crippen molar-refractivity contribution in [1.29, 1.82) is 0 Å². The number of nitrogens with zero attached hydrogens (tertiary/aromatic N) is 1. The van der Waals surface area contributed by atoms with Gasteiger partial charge in [0.2, 0.25) is 0 Å². The number of aromatic nitrogens is 1. The first-order chi connectivity index (χ1) is 11.2. The smallest absolute Gasteiger partial charge is 0.152 e. The van der Waals surface area contributed by atoms with E-state index in [9.17, 15) is 0 Å². The van der Waals surface area contributed by atoms with E-state index >= 15 is 0 Å². The zero-order valence-corrected chi connectivity index (χ0v) is 13.9. The van der Waals surface area contributed by atoms with E-state index < -0.39 is 0 Å². The van der Waals surface area contributed by atoms with Crippen LogP contribution in [0.5, 0.6) is 11.5 Å². The van der Waals surface area contributed by atoms with E-state index in [2.05, 4.69) is 4.98 Å². The van der Waals surface area contributed by atoms with Gasteiger partial charge in [-0.1, -0.05) is 36.0 Å². The van der Waals surface area contributed by atoms with E-state index in [1.165, 1.54) is 0 Å². The van der Waals surface area contributed by atoms with Crippen LogP contribution in [0.3, 0.4) is 0 Å².